The van der Waals surface area contributed by atoms with E-state index in [1.54, 1.807) is 0 Å². The maximum absolute atomic E-state index is 12.2. The summed E-state index contributed by atoms with van der Waals surface area (Å²) in [6.45, 7) is 9.48. The molecule has 3 nitrogen and oxygen atoms in total. The fourth-order valence-corrected chi connectivity index (χ4v) is 2.08. The van der Waals surface area contributed by atoms with Crippen molar-refractivity contribution >= 4 is 11.8 Å². The number of carbonyl (C=O) groups is 2. The summed E-state index contributed by atoms with van der Waals surface area (Å²) >= 11 is 0. The van der Waals surface area contributed by atoms with Gasteiger partial charge in [-0.1, -0.05) is 38.5 Å². The van der Waals surface area contributed by atoms with Gasteiger partial charge in [0.25, 0.3) is 0 Å². The van der Waals surface area contributed by atoms with Crippen LogP contribution < -0.4 is 0 Å². The first-order valence-corrected chi connectivity index (χ1v) is 6.22. The molecule has 0 unspecified atom stereocenters. The zero-order valence-electron chi connectivity index (χ0n) is 11.9. The van der Waals surface area contributed by atoms with Crippen LogP contribution in [0.5, 0.6) is 0 Å². The Morgan fingerprint density at radius 3 is 2.33 bits per heavy atom. The lowest BCUT2D eigenvalue weighted by Gasteiger charge is -2.36. The van der Waals surface area contributed by atoms with E-state index in [0.29, 0.717) is 6.42 Å². The van der Waals surface area contributed by atoms with Gasteiger partial charge in [0.1, 0.15) is 0 Å². The molecule has 1 rings (SSSR count). The molecule has 0 N–H and O–H groups in total. The SMILES string of the molecule is CC(C)=CC(=O)OCC(=O)[C@@]1(C)CC=CC1(C)C. The highest BCUT2D eigenvalue weighted by atomic mass is 16.5. The van der Waals surface area contributed by atoms with Crippen LogP contribution in [0.3, 0.4) is 0 Å². The third-order valence-corrected chi connectivity index (χ3v) is 3.85. The maximum atomic E-state index is 12.2. The number of esters is 1. The van der Waals surface area contributed by atoms with Crippen molar-refractivity contribution in [2.45, 2.75) is 41.0 Å². The van der Waals surface area contributed by atoms with Crippen LogP contribution in [-0.4, -0.2) is 18.4 Å². The molecular formula is C15H22O3. The highest BCUT2D eigenvalue weighted by Gasteiger charge is 2.47. The summed E-state index contributed by atoms with van der Waals surface area (Å²) in [6, 6.07) is 0. The monoisotopic (exact) mass is 250 g/mol. The molecule has 1 aliphatic carbocycles. The minimum Gasteiger partial charge on any atom is -0.455 e. The Morgan fingerprint density at radius 2 is 1.89 bits per heavy atom. The van der Waals surface area contributed by atoms with Gasteiger partial charge < -0.3 is 4.74 Å². The van der Waals surface area contributed by atoms with Gasteiger partial charge in [0.15, 0.2) is 12.4 Å². The molecule has 0 amide bonds. The highest BCUT2D eigenvalue weighted by molar-refractivity contribution is 5.90. The summed E-state index contributed by atoms with van der Waals surface area (Å²) < 4.78 is 4.99. The molecule has 0 saturated carbocycles. The summed E-state index contributed by atoms with van der Waals surface area (Å²) in [7, 11) is 0. The van der Waals surface area contributed by atoms with Crippen molar-refractivity contribution in [2.24, 2.45) is 10.8 Å². The molecule has 0 saturated heterocycles. The number of Topliss-reactive ketones (excluding diaryl/α,β-unsaturated/α-hetero) is 1. The summed E-state index contributed by atoms with van der Waals surface area (Å²) in [4.78, 5) is 23.6. The molecule has 0 aromatic carbocycles. The zero-order chi connectivity index (χ0) is 14.0. The summed E-state index contributed by atoms with van der Waals surface area (Å²) in [5, 5.41) is 0. The Bertz CT molecular complexity index is 411. The van der Waals surface area contributed by atoms with E-state index in [1.165, 1.54) is 6.08 Å². The number of rotatable bonds is 4. The maximum Gasteiger partial charge on any atom is 0.331 e. The molecule has 0 heterocycles. The minimum atomic E-state index is -0.474. The topological polar surface area (TPSA) is 43.4 Å². The average molecular weight is 250 g/mol. The molecule has 1 aliphatic rings. The van der Waals surface area contributed by atoms with E-state index >= 15 is 0 Å². The largest absolute Gasteiger partial charge is 0.455 e. The fourth-order valence-electron chi connectivity index (χ4n) is 2.08. The minimum absolute atomic E-state index is 0.0204. The van der Waals surface area contributed by atoms with Gasteiger partial charge in [0, 0.05) is 11.5 Å². The number of allylic oxidation sites excluding steroid dienone is 3. The van der Waals surface area contributed by atoms with Crippen molar-refractivity contribution in [2.75, 3.05) is 6.61 Å². The Kier molecular flexibility index (Phi) is 4.15. The number of hydrogen-bond donors (Lipinski definition) is 0. The molecule has 0 aromatic heterocycles. The molecule has 3 heteroatoms. The smallest absolute Gasteiger partial charge is 0.331 e. The van der Waals surface area contributed by atoms with E-state index < -0.39 is 11.4 Å². The van der Waals surface area contributed by atoms with Crippen LogP contribution >= 0.6 is 0 Å². The molecule has 0 bridgehead atoms. The average Bonchev–Trinajstić information content (AvgIpc) is 2.50. The third-order valence-electron chi connectivity index (χ3n) is 3.85. The molecule has 1 atom stereocenters. The predicted molar refractivity (Wildman–Crippen MR) is 71.0 cm³/mol. The van der Waals surface area contributed by atoms with Crippen molar-refractivity contribution in [3.8, 4) is 0 Å². The van der Waals surface area contributed by atoms with Gasteiger partial charge in [0.05, 0.1) is 0 Å². The second-order valence-corrected chi connectivity index (χ2v) is 5.91. The standard InChI is InChI=1S/C15H22O3/c1-11(2)9-13(17)18-10-12(16)15(5)8-6-7-14(15,3)4/h6-7,9H,8,10H2,1-5H3/t15-/m1/s1. The van der Waals surface area contributed by atoms with Crippen LogP contribution in [0.25, 0.3) is 0 Å². The Morgan fingerprint density at radius 1 is 1.28 bits per heavy atom. The van der Waals surface area contributed by atoms with E-state index in [-0.39, 0.29) is 17.8 Å². The van der Waals surface area contributed by atoms with Crippen LogP contribution in [-0.2, 0) is 14.3 Å². The van der Waals surface area contributed by atoms with Gasteiger partial charge in [-0.15, -0.1) is 0 Å². The lowest BCUT2D eigenvalue weighted by Crippen LogP contribution is -2.40. The van der Waals surface area contributed by atoms with Gasteiger partial charge in [-0.3, -0.25) is 4.79 Å². The Balaban J connectivity index is 2.63. The molecule has 0 spiro atoms. The molecule has 0 fully saturated rings. The second kappa shape index (κ2) is 5.09. The van der Waals surface area contributed by atoms with Crippen molar-refractivity contribution in [1.82, 2.24) is 0 Å². The van der Waals surface area contributed by atoms with Crippen molar-refractivity contribution in [3.05, 3.63) is 23.8 Å². The van der Waals surface area contributed by atoms with E-state index in [4.69, 9.17) is 4.74 Å². The summed E-state index contributed by atoms with van der Waals surface area (Å²) in [5.74, 6) is -0.469. The normalized spacial score (nSPS) is 24.7. The van der Waals surface area contributed by atoms with Crippen LogP contribution in [0.15, 0.2) is 23.8 Å². The van der Waals surface area contributed by atoms with Crippen molar-refractivity contribution in [3.63, 3.8) is 0 Å². The van der Waals surface area contributed by atoms with Gasteiger partial charge in [-0.2, -0.15) is 0 Å². The van der Waals surface area contributed by atoms with Crippen LogP contribution in [0.4, 0.5) is 0 Å². The highest BCUT2D eigenvalue weighted by Crippen LogP contribution is 2.48. The van der Waals surface area contributed by atoms with Crippen LogP contribution in [0.2, 0.25) is 0 Å². The van der Waals surface area contributed by atoms with E-state index in [2.05, 4.69) is 6.08 Å². The summed E-state index contributed by atoms with van der Waals surface area (Å²) in [6.07, 6.45) is 6.19. The molecule has 0 aliphatic heterocycles. The van der Waals surface area contributed by atoms with Crippen LogP contribution in [0.1, 0.15) is 41.0 Å². The first kappa shape index (κ1) is 14.7. The number of ketones is 1. The molecular weight excluding hydrogens is 228 g/mol. The number of ether oxygens (including phenoxy) is 1. The first-order valence-electron chi connectivity index (χ1n) is 6.22. The molecule has 0 aromatic rings. The summed E-state index contributed by atoms with van der Waals surface area (Å²) in [5.41, 5.74) is 0.201. The second-order valence-electron chi connectivity index (χ2n) is 5.91. The lowest BCUT2D eigenvalue weighted by atomic mass is 9.66. The molecule has 18 heavy (non-hydrogen) atoms. The zero-order valence-corrected chi connectivity index (χ0v) is 11.9. The van der Waals surface area contributed by atoms with E-state index in [0.717, 1.165) is 5.57 Å². The predicted octanol–water partition coefficient (Wildman–Crippen LogP) is 3.06. The van der Waals surface area contributed by atoms with Crippen molar-refractivity contribution in [1.29, 1.82) is 0 Å². The molecule has 100 valence electrons. The van der Waals surface area contributed by atoms with E-state index in [1.807, 2.05) is 40.7 Å². The van der Waals surface area contributed by atoms with Crippen LogP contribution in [0, 0.1) is 10.8 Å². The first-order chi connectivity index (χ1) is 8.19. The lowest BCUT2D eigenvalue weighted by molar-refractivity contribution is -0.148. The molecule has 0 radical (unpaired) electrons. The number of hydrogen-bond acceptors (Lipinski definition) is 3. The fraction of sp³-hybridized carbons (Fsp3) is 0.600. The van der Waals surface area contributed by atoms with Crippen molar-refractivity contribution < 1.29 is 14.3 Å². The van der Waals surface area contributed by atoms with Gasteiger partial charge in [-0.25, -0.2) is 4.79 Å². The quantitative estimate of drug-likeness (QED) is 0.437. The van der Waals surface area contributed by atoms with Gasteiger partial charge in [0.2, 0.25) is 0 Å². The Hall–Kier alpha value is -1.38. The van der Waals surface area contributed by atoms with E-state index in [9.17, 15) is 9.59 Å². The number of carbonyl (C=O) groups excluding carboxylic acids is 2. The Labute approximate surface area is 109 Å². The van der Waals surface area contributed by atoms with Gasteiger partial charge in [-0.05, 0) is 25.7 Å². The third kappa shape index (κ3) is 2.89. The van der Waals surface area contributed by atoms with Gasteiger partial charge >= 0.3 is 5.97 Å².